The Morgan fingerprint density at radius 1 is 1.29 bits per heavy atom. The highest BCUT2D eigenvalue weighted by atomic mass is 35.5. The molecule has 1 heterocycles. The number of nitrogens with one attached hydrogen (secondary N) is 1. The van der Waals surface area contributed by atoms with E-state index in [1.165, 1.54) is 12.3 Å². The van der Waals surface area contributed by atoms with Gasteiger partial charge in [-0.1, -0.05) is 31.5 Å². The van der Waals surface area contributed by atoms with Crippen LogP contribution in [0.3, 0.4) is 0 Å². The van der Waals surface area contributed by atoms with E-state index in [0.29, 0.717) is 11.4 Å². The van der Waals surface area contributed by atoms with Gasteiger partial charge in [-0.15, -0.1) is 0 Å². The summed E-state index contributed by atoms with van der Waals surface area (Å²) in [6.07, 6.45) is 2.74. The first-order valence-electron chi connectivity index (χ1n) is 6.80. The highest BCUT2D eigenvalue weighted by molar-refractivity contribution is 6.32. The van der Waals surface area contributed by atoms with Gasteiger partial charge in [0.1, 0.15) is 0 Å². The fourth-order valence-electron chi connectivity index (χ4n) is 2.20. The van der Waals surface area contributed by atoms with Gasteiger partial charge in [0.15, 0.2) is 0 Å². The summed E-state index contributed by atoms with van der Waals surface area (Å²) in [5.41, 5.74) is 2.83. The first-order valence-corrected chi connectivity index (χ1v) is 7.17. The molecule has 0 radical (unpaired) electrons. The number of carbonyl (C=O) groups excluding carboxylic acids is 1. The SMILES string of the molecule is CCc1ccc(Cl)c(CC)c1NC(=O)c1ccnc(F)c1. The summed E-state index contributed by atoms with van der Waals surface area (Å²) in [5.74, 6) is -1.05. The molecule has 5 heteroatoms. The molecule has 0 fully saturated rings. The number of benzene rings is 1. The molecule has 2 rings (SSSR count). The van der Waals surface area contributed by atoms with E-state index in [9.17, 15) is 9.18 Å². The molecule has 0 bridgehead atoms. The first kappa shape index (κ1) is 15.4. The summed E-state index contributed by atoms with van der Waals surface area (Å²) < 4.78 is 13.1. The number of hydrogen-bond acceptors (Lipinski definition) is 2. The number of halogens is 2. The molecule has 1 N–H and O–H groups in total. The highest BCUT2D eigenvalue weighted by Gasteiger charge is 2.14. The molecule has 0 atom stereocenters. The van der Waals surface area contributed by atoms with Crippen LogP contribution < -0.4 is 5.32 Å². The van der Waals surface area contributed by atoms with Crippen LogP contribution in [0, 0.1) is 5.95 Å². The van der Waals surface area contributed by atoms with Crippen molar-refractivity contribution < 1.29 is 9.18 Å². The molecule has 0 spiro atoms. The summed E-state index contributed by atoms with van der Waals surface area (Å²) >= 11 is 6.19. The van der Waals surface area contributed by atoms with E-state index < -0.39 is 5.95 Å². The van der Waals surface area contributed by atoms with E-state index in [1.54, 1.807) is 0 Å². The third-order valence-electron chi connectivity index (χ3n) is 3.30. The molecule has 0 aliphatic heterocycles. The van der Waals surface area contributed by atoms with Crippen LogP contribution in [0.15, 0.2) is 30.5 Å². The molecule has 3 nitrogen and oxygen atoms in total. The fourth-order valence-corrected chi connectivity index (χ4v) is 2.49. The second kappa shape index (κ2) is 6.68. The van der Waals surface area contributed by atoms with Crippen LogP contribution in [-0.2, 0) is 12.8 Å². The number of amides is 1. The lowest BCUT2D eigenvalue weighted by molar-refractivity contribution is 0.102. The van der Waals surface area contributed by atoms with E-state index in [-0.39, 0.29) is 11.5 Å². The lowest BCUT2D eigenvalue weighted by Gasteiger charge is -2.16. The van der Waals surface area contributed by atoms with Crippen LogP contribution in [0.4, 0.5) is 10.1 Å². The number of rotatable bonds is 4. The smallest absolute Gasteiger partial charge is 0.255 e. The minimum atomic E-state index is -0.680. The molecule has 1 amide bonds. The number of carbonyl (C=O) groups is 1. The zero-order chi connectivity index (χ0) is 15.4. The van der Waals surface area contributed by atoms with E-state index in [4.69, 9.17) is 11.6 Å². The van der Waals surface area contributed by atoms with Gasteiger partial charge in [0, 0.05) is 28.5 Å². The number of nitrogens with zero attached hydrogens (tertiary/aromatic N) is 1. The maximum Gasteiger partial charge on any atom is 0.255 e. The van der Waals surface area contributed by atoms with E-state index in [2.05, 4.69) is 10.3 Å². The largest absolute Gasteiger partial charge is 0.321 e. The first-order chi connectivity index (χ1) is 10.1. The fraction of sp³-hybridized carbons (Fsp3) is 0.250. The zero-order valence-electron chi connectivity index (χ0n) is 11.9. The van der Waals surface area contributed by atoms with E-state index in [0.717, 1.165) is 29.3 Å². The number of hydrogen-bond donors (Lipinski definition) is 1. The molecule has 21 heavy (non-hydrogen) atoms. The van der Waals surface area contributed by atoms with Crippen LogP contribution in [-0.4, -0.2) is 10.9 Å². The Kier molecular flexibility index (Phi) is 4.91. The molecule has 1 aromatic heterocycles. The summed E-state index contributed by atoms with van der Waals surface area (Å²) in [4.78, 5) is 15.7. The van der Waals surface area contributed by atoms with E-state index in [1.807, 2.05) is 26.0 Å². The predicted octanol–water partition coefficient (Wildman–Crippen LogP) is 4.25. The van der Waals surface area contributed by atoms with Crippen LogP contribution in [0.2, 0.25) is 5.02 Å². The molecular formula is C16H16ClFN2O. The number of pyridine rings is 1. The second-order valence-corrected chi connectivity index (χ2v) is 5.00. The summed E-state index contributed by atoms with van der Waals surface area (Å²) in [6, 6.07) is 6.31. The lowest BCUT2D eigenvalue weighted by atomic mass is 10.0. The van der Waals surface area contributed by atoms with Gasteiger partial charge < -0.3 is 5.32 Å². The minimum absolute atomic E-state index is 0.228. The van der Waals surface area contributed by atoms with Gasteiger partial charge in [-0.25, -0.2) is 4.98 Å². The van der Waals surface area contributed by atoms with Crippen LogP contribution in [0.25, 0.3) is 0 Å². The Hall–Kier alpha value is -1.94. The number of aromatic nitrogens is 1. The topological polar surface area (TPSA) is 42.0 Å². The van der Waals surface area contributed by atoms with Crippen molar-refractivity contribution in [3.05, 3.63) is 58.1 Å². The van der Waals surface area contributed by atoms with Crippen molar-refractivity contribution >= 4 is 23.2 Å². The molecule has 110 valence electrons. The van der Waals surface area contributed by atoms with Crippen molar-refractivity contribution in [2.24, 2.45) is 0 Å². The van der Waals surface area contributed by atoms with Gasteiger partial charge in [0.2, 0.25) is 5.95 Å². The Labute approximate surface area is 128 Å². The van der Waals surface area contributed by atoms with Crippen LogP contribution in [0.1, 0.15) is 35.3 Å². The quantitative estimate of drug-likeness (QED) is 0.858. The standard InChI is InChI=1S/C16H16ClFN2O/c1-3-10-5-6-13(17)12(4-2)15(10)20-16(21)11-7-8-19-14(18)9-11/h5-9H,3-4H2,1-2H3,(H,20,21). The Morgan fingerprint density at radius 2 is 2.05 bits per heavy atom. The van der Waals surface area contributed by atoms with Crippen molar-refractivity contribution in [3.63, 3.8) is 0 Å². The average Bonchev–Trinajstić information content (AvgIpc) is 2.47. The maximum absolute atomic E-state index is 13.1. The van der Waals surface area contributed by atoms with Crippen molar-refractivity contribution in [1.29, 1.82) is 0 Å². The molecular weight excluding hydrogens is 291 g/mol. The molecule has 0 unspecified atom stereocenters. The van der Waals surface area contributed by atoms with E-state index >= 15 is 0 Å². The zero-order valence-corrected chi connectivity index (χ0v) is 12.7. The van der Waals surface area contributed by atoms with Crippen LogP contribution >= 0.6 is 11.6 Å². The lowest BCUT2D eigenvalue weighted by Crippen LogP contribution is -2.15. The van der Waals surface area contributed by atoms with Crippen molar-refractivity contribution in [1.82, 2.24) is 4.98 Å². The average molecular weight is 307 g/mol. The molecule has 1 aromatic carbocycles. The van der Waals surface area contributed by atoms with Gasteiger partial charge in [0.05, 0.1) is 0 Å². The minimum Gasteiger partial charge on any atom is -0.321 e. The number of aryl methyl sites for hydroxylation is 1. The molecule has 2 aromatic rings. The molecule has 0 aliphatic carbocycles. The van der Waals surface area contributed by atoms with Crippen molar-refractivity contribution in [2.75, 3.05) is 5.32 Å². The Morgan fingerprint density at radius 3 is 2.67 bits per heavy atom. The van der Waals surface area contributed by atoms with Crippen molar-refractivity contribution in [2.45, 2.75) is 26.7 Å². The normalized spacial score (nSPS) is 10.5. The summed E-state index contributed by atoms with van der Waals surface area (Å²) in [7, 11) is 0. The summed E-state index contributed by atoms with van der Waals surface area (Å²) in [5, 5.41) is 3.46. The van der Waals surface area contributed by atoms with Gasteiger partial charge >= 0.3 is 0 Å². The second-order valence-electron chi connectivity index (χ2n) is 4.59. The van der Waals surface area contributed by atoms with Crippen LogP contribution in [0.5, 0.6) is 0 Å². The monoisotopic (exact) mass is 306 g/mol. The molecule has 0 saturated heterocycles. The van der Waals surface area contributed by atoms with Gasteiger partial charge in [-0.3, -0.25) is 4.79 Å². The maximum atomic E-state index is 13.1. The molecule has 0 saturated carbocycles. The Bertz CT molecular complexity index is 673. The van der Waals surface area contributed by atoms with Gasteiger partial charge in [-0.05, 0) is 36.1 Å². The van der Waals surface area contributed by atoms with Gasteiger partial charge in [0.25, 0.3) is 5.91 Å². The third-order valence-corrected chi connectivity index (χ3v) is 3.66. The van der Waals surface area contributed by atoms with Crippen molar-refractivity contribution in [3.8, 4) is 0 Å². The third kappa shape index (κ3) is 3.39. The predicted molar refractivity (Wildman–Crippen MR) is 82.4 cm³/mol. The van der Waals surface area contributed by atoms with Gasteiger partial charge in [-0.2, -0.15) is 4.39 Å². The number of anilines is 1. The summed E-state index contributed by atoms with van der Waals surface area (Å²) in [6.45, 7) is 3.98. The molecule has 0 aliphatic rings. The Balaban J connectivity index is 2.38. The highest BCUT2D eigenvalue weighted by Crippen LogP contribution is 2.29.